The molecule has 70 valence electrons. The summed E-state index contributed by atoms with van der Waals surface area (Å²) < 4.78 is 6.11. The van der Waals surface area contributed by atoms with Crippen molar-refractivity contribution in [3.63, 3.8) is 0 Å². The van der Waals surface area contributed by atoms with Crippen LogP contribution in [0, 0.1) is 0 Å². The molecule has 1 aromatic heterocycles. The fraction of sp³-hybridized carbons (Fsp3) is 0.222. The smallest absolute Gasteiger partial charge is 0.228 e. The second kappa shape index (κ2) is 5.25. The summed E-state index contributed by atoms with van der Waals surface area (Å²) in [7, 11) is 0. The van der Waals surface area contributed by atoms with Crippen molar-refractivity contribution in [1.29, 1.82) is 0 Å². The Morgan fingerprint density at radius 2 is 2.46 bits per heavy atom. The third kappa shape index (κ3) is 3.36. The maximum Gasteiger partial charge on any atom is 0.228 e. The van der Waals surface area contributed by atoms with Gasteiger partial charge in [-0.05, 0) is 28.4 Å². The van der Waals surface area contributed by atoms with Gasteiger partial charge in [0.2, 0.25) is 5.88 Å². The van der Waals surface area contributed by atoms with Crippen LogP contribution in [0.15, 0.2) is 29.4 Å². The lowest BCUT2D eigenvalue weighted by atomic mass is 10.4. The Balaban J connectivity index is 2.61. The second-order valence-corrected chi connectivity index (χ2v) is 3.66. The van der Waals surface area contributed by atoms with Crippen LogP contribution in [0.3, 0.4) is 0 Å². The van der Waals surface area contributed by atoms with Gasteiger partial charge in [-0.25, -0.2) is 4.98 Å². The Hall–Kier alpha value is -0.540. The lowest BCUT2D eigenvalue weighted by Gasteiger charge is -2.04. The Bertz CT molecular complexity index is 304. The molecule has 0 atom stereocenters. The zero-order valence-corrected chi connectivity index (χ0v) is 9.31. The minimum atomic E-state index is 0.561. The van der Waals surface area contributed by atoms with E-state index in [4.69, 9.17) is 16.3 Å². The monoisotopic (exact) mass is 261 g/mol. The van der Waals surface area contributed by atoms with Gasteiger partial charge in [-0.2, -0.15) is 0 Å². The predicted octanol–water partition coefficient (Wildman–Crippen LogP) is 3.45. The molecular weight excluding hydrogens is 253 g/mol. The minimum absolute atomic E-state index is 0.561. The first-order chi connectivity index (χ1) is 6.24. The van der Waals surface area contributed by atoms with Gasteiger partial charge in [-0.1, -0.05) is 17.7 Å². The van der Waals surface area contributed by atoms with Gasteiger partial charge in [0.25, 0.3) is 0 Å². The molecule has 0 spiro atoms. The van der Waals surface area contributed by atoms with Crippen molar-refractivity contribution in [3.05, 3.63) is 34.4 Å². The van der Waals surface area contributed by atoms with Gasteiger partial charge >= 0.3 is 0 Å². The number of ether oxygens (including phenoxy) is 1. The molecule has 0 amide bonds. The highest BCUT2D eigenvalue weighted by atomic mass is 79.9. The molecule has 0 bridgehead atoms. The Kier molecular flexibility index (Phi) is 4.25. The summed E-state index contributed by atoms with van der Waals surface area (Å²) in [5.41, 5.74) is 0. The molecule has 1 heterocycles. The van der Waals surface area contributed by atoms with Gasteiger partial charge in [-0.15, -0.1) is 6.58 Å². The standard InChI is InChI=1S/C9H9BrClNO/c1-2-3-4-13-9-8(10)5-7(11)6-12-9/h2,5-6H,1,3-4H2. The van der Waals surface area contributed by atoms with Crippen LogP contribution in [0.25, 0.3) is 0 Å². The first-order valence-electron chi connectivity index (χ1n) is 3.79. The SMILES string of the molecule is C=CCCOc1ncc(Cl)cc1Br. The molecular formula is C9H9BrClNO. The van der Waals surface area contributed by atoms with Gasteiger partial charge in [-0.3, -0.25) is 0 Å². The average Bonchev–Trinajstić information content (AvgIpc) is 2.09. The number of hydrogen-bond acceptors (Lipinski definition) is 2. The molecule has 13 heavy (non-hydrogen) atoms. The first kappa shape index (κ1) is 10.5. The van der Waals surface area contributed by atoms with Crippen LogP contribution >= 0.6 is 27.5 Å². The quantitative estimate of drug-likeness (QED) is 0.612. The molecule has 0 saturated heterocycles. The zero-order chi connectivity index (χ0) is 9.68. The van der Waals surface area contributed by atoms with E-state index in [0.717, 1.165) is 10.9 Å². The summed E-state index contributed by atoms with van der Waals surface area (Å²) in [5.74, 6) is 0.561. The van der Waals surface area contributed by atoms with Crippen molar-refractivity contribution in [2.75, 3.05) is 6.61 Å². The van der Waals surface area contributed by atoms with Crippen LogP contribution in [0.5, 0.6) is 5.88 Å². The highest BCUT2D eigenvalue weighted by Gasteiger charge is 2.02. The van der Waals surface area contributed by atoms with E-state index >= 15 is 0 Å². The van der Waals surface area contributed by atoms with E-state index in [0.29, 0.717) is 17.5 Å². The van der Waals surface area contributed by atoms with Crippen molar-refractivity contribution in [1.82, 2.24) is 4.98 Å². The number of rotatable bonds is 4. The molecule has 0 radical (unpaired) electrons. The molecule has 0 saturated carbocycles. The van der Waals surface area contributed by atoms with Crippen molar-refractivity contribution in [3.8, 4) is 5.88 Å². The summed E-state index contributed by atoms with van der Waals surface area (Å²) in [6.07, 6.45) is 4.15. The fourth-order valence-corrected chi connectivity index (χ4v) is 1.50. The fourth-order valence-electron chi connectivity index (χ4n) is 0.747. The van der Waals surface area contributed by atoms with Gasteiger partial charge < -0.3 is 4.74 Å². The molecule has 1 rings (SSSR count). The predicted molar refractivity (Wildman–Crippen MR) is 57.3 cm³/mol. The summed E-state index contributed by atoms with van der Waals surface area (Å²) in [6.45, 7) is 4.18. The van der Waals surface area contributed by atoms with Crippen LogP contribution in [0.2, 0.25) is 5.02 Å². The van der Waals surface area contributed by atoms with Crippen LogP contribution < -0.4 is 4.74 Å². The van der Waals surface area contributed by atoms with Crippen LogP contribution in [0.1, 0.15) is 6.42 Å². The van der Waals surface area contributed by atoms with Gasteiger partial charge in [0.1, 0.15) is 0 Å². The molecule has 2 nitrogen and oxygen atoms in total. The third-order valence-corrected chi connectivity index (χ3v) is 2.11. The van der Waals surface area contributed by atoms with E-state index in [2.05, 4.69) is 27.5 Å². The van der Waals surface area contributed by atoms with E-state index in [9.17, 15) is 0 Å². The Labute approximate surface area is 90.7 Å². The number of halogens is 2. The number of nitrogens with zero attached hydrogens (tertiary/aromatic N) is 1. The Morgan fingerprint density at radius 3 is 3.08 bits per heavy atom. The van der Waals surface area contributed by atoms with E-state index < -0.39 is 0 Å². The second-order valence-electron chi connectivity index (χ2n) is 2.37. The molecule has 0 aliphatic carbocycles. The van der Waals surface area contributed by atoms with Gasteiger partial charge in [0.15, 0.2) is 0 Å². The Morgan fingerprint density at radius 1 is 1.69 bits per heavy atom. The molecule has 0 fully saturated rings. The van der Waals surface area contributed by atoms with Crippen molar-refractivity contribution >= 4 is 27.5 Å². The molecule has 0 aliphatic heterocycles. The molecule has 1 aromatic rings. The number of pyridine rings is 1. The maximum absolute atomic E-state index is 5.71. The number of hydrogen-bond donors (Lipinski definition) is 0. The molecule has 0 N–H and O–H groups in total. The first-order valence-corrected chi connectivity index (χ1v) is 4.96. The van der Waals surface area contributed by atoms with Crippen LogP contribution in [-0.4, -0.2) is 11.6 Å². The molecule has 0 unspecified atom stereocenters. The largest absolute Gasteiger partial charge is 0.477 e. The van der Waals surface area contributed by atoms with Crippen LogP contribution in [-0.2, 0) is 0 Å². The third-order valence-electron chi connectivity index (χ3n) is 1.33. The van der Waals surface area contributed by atoms with Gasteiger partial charge in [0, 0.05) is 6.20 Å². The van der Waals surface area contributed by atoms with Crippen molar-refractivity contribution in [2.24, 2.45) is 0 Å². The number of aromatic nitrogens is 1. The van der Waals surface area contributed by atoms with E-state index in [1.54, 1.807) is 18.3 Å². The van der Waals surface area contributed by atoms with Crippen LogP contribution in [0.4, 0.5) is 0 Å². The highest BCUT2D eigenvalue weighted by molar-refractivity contribution is 9.10. The van der Waals surface area contributed by atoms with Crippen molar-refractivity contribution in [2.45, 2.75) is 6.42 Å². The average molecular weight is 263 g/mol. The van der Waals surface area contributed by atoms with E-state index in [1.807, 2.05) is 0 Å². The lowest BCUT2D eigenvalue weighted by molar-refractivity contribution is 0.310. The summed E-state index contributed by atoms with van der Waals surface area (Å²) in [4.78, 5) is 4.01. The summed E-state index contributed by atoms with van der Waals surface area (Å²) in [5, 5.41) is 0.586. The van der Waals surface area contributed by atoms with Crippen molar-refractivity contribution < 1.29 is 4.74 Å². The normalized spacial score (nSPS) is 9.69. The van der Waals surface area contributed by atoms with Gasteiger partial charge in [0.05, 0.1) is 16.1 Å². The summed E-state index contributed by atoms with van der Waals surface area (Å²) >= 11 is 9.02. The van der Waals surface area contributed by atoms with E-state index in [1.165, 1.54) is 0 Å². The molecule has 0 aromatic carbocycles. The molecule has 0 aliphatic rings. The maximum atomic E-state index is 5.71. The highest BCUT2D eigenvalue weighted by Crippen LogP contribution is 2.24. The topological polar surface area (TPSA) is 22.1 Å². The van der Waals surface area contributed by atoms with E-state index in [-0.39, 0.29) is 0 Å². The summed E-state index contributed by atoms with van der Waals surface area (Å²) in [6, 6.07) is 1.75. The minimum Gasteiger partial charge on any atom is -0.477 e. The molecule has 4 heteroatoms. The zero-order valence-electron chi connectivity index (χ0n) is 6.96. The lowest BCUT2D eigenvalue weighted by Crippen LogP contribution is -1.98.